The van der Waals surface area contributed by atoms with E-state index in [-0.39, 0.29) is 5.91 Å². The van der Waals surface area contributed by atoms with E-state index in [4.69, 9.17) is 16.6 Å². The number of thioether (sulfide) groups is 1. The van der Waals surface area contributed by atoms with E-state index in [1.165, 1.54) is 11.8 Å². The number of benzene rings is 1. The van der Waals surface area contributed by atoms with Gasteiger partial charge in [0.1, 0.15) is 18.2 Å². The molecule has 1 aliphatic rings. The Kier molecular flexibility index (Phi) is 5.51. The van der Waals surface area contributed by atoms with Gasteiger partial charge in [-0.3, -0.25) is 9.69 Å². The number of carbonyl (C=O) groups is 1. The quantitative estimate of drug-likeness (QED) is 0.319. The van der Waals surface area contributed by atoms with E-state index in [0.717, 1.165) is 5.56 Å². The van der Waals surface area contributed by atoms with Crippen LogP contribution < -0.4 is 0 Å². The van der Waals surface area contributed by atoms with Crippen LogP contribution in [0.3, 0.4) is 0 Å². The molecule has 2 heterocycles. The third-order valence-corrected chi connectivity index (χ3v) is 5.77. The minimum absolute atomic E-state index is 0.0880. The molecule has 1 aromatic carbocycles. The normalized spacial score (nSPS) is 16.1. The second-order valence-electron chi connectivity index (χ2n) is 6.96. The van der Waals surface area contributed by atoms with Gasteiger partial charge in [-0.2, -0.15) is 0 Å². The molecule has 1 aromatic heterocycles. The lowest BCUT2D eigenvalue weighted by Gasteiger charge is -2.14. The van der Waals surface area contributed by atoms with E-state index in [2.05, 4.69) is 31.1 Å². The number of nitrogens with zero attached hydrogens (tertiary/aromatic N) is 1. The lowest BCUT2D eigenvalue weighted by atomic mass is 10.2. The largest absolute Gasteiger partial charge is 0.448 e. The lowest BCUT2D eigenvalue weighted by molar-refractivity contribution is -0.122. The monoisotopic (exact) mass is 397 g/mol. The summed E-state index contributed by atoms with van der Waals surface area (Å²) < 4.78 is 6.29. The molecule has 1 fully saturated rings. The minimum Gasteiger partial charge on any atom is -0.448 e. The number of thiocarbonyl (C=S) groups is 1. The van der Waals surface area contributed by atoms with Gasteiger partial charge in [-0.05, 0) is 23.6 Å². The number of hydrogen-bond donors (Lipinski definition) is 0. The molecule has 1 saturated heterocycles. The minimum atomic E-state index is -1.45. The highest BCUT2D eigenvalue weighted by Gasteiger charge is 2.32. The molecule has 0 aliphatic carbocycles. The number of rotatable bonds is 3. The predicted molar refractivity (Wildman–Crippen MR) is 114 cm³/mol. The molecule has 3 nitrogen and oxygen atoms in total. The molecule has 0 radical (unpaired) electrons. The average Bonchev–Trinajstić information content (AvgIpc) is 3.14. The predicted octanol–water partition coefficient (Wildman–Crippen LogP) is 4.91. The smallest absolute Gasteiger partial charge is 0.266 e. The van der Waals surface area contributed by atoms with Crippen molar-refractivity contribution in [3.63, 3.8) is 0 Å². The second kappa shape index (κ2) is 7.66. The molecule has 0 atom stereocenters. The third-order valence-electron chi connectivity index (χ3n) is 3.52. The summed E-state index contributed by atoms with van der Waals surface area (Å²) in [5.41, 5.74) is 4.32. The van der Waals surface area contributed by atoms with Gasteiger partial charge < -0.3 is 4.42 Å². The maximum absolute atomic E-state index is 12.7. The van der Waals surface area contributed by atoms with Crippen molar-refractivity contribution in [2.45, 2.75) is 26.2 Å². The van der Waals surface area contributed by atoms with Gasteiger partial charge in [-0.15, -0.1) is 5.54 Å². The van der Waals surface area contributed by atoms with Crippen LogP contribution in [0, 0.1) is 11.5 Å². The molecule has 0 saturated carbocycles. The van der Waals surface area contributed by atoms with E-state index in [1.807, 2.05) is 42.5 Å². The number of furan rings is 1. The van der Waals surface area contributed by atoms with E-state index >= 15 is 0 Å². The van der Waals surface area contributed by atoms with Crippen molar-refractivity contribution in [3.05, 3.63) is 64.5 Å². The molecule has 0 bridgehead atoms. The van der Waals surface area contributed by atoms with Crippen LogP contribution in [-0.2, 0) is 11.3 Å². The topological polar surface area (TPSA) is 33.5 Å². The van der Waals surface area contributed by atoms with Gasteiger partial charge in [-0.25, -0.2) is 0 Å². The molecular formula is C20H19NO2S2Si. The van der Waals surface area contributed by atoms with Gasteiger partial charge in [0, 0.05) is 6.08 Å². The van der Waals surface area contributed by atoms with Gasteiger partial charge in [0.15, 0.2) is 5.76 Å². The van der Waals surface area contributed by atoms with Crippen molar-refractivity contribution < 1.29 is 9.21 Å². The summed E-state index contributed by atoms with van der Waals surface area (Å²) in [6.07, 6.45) is 1.74. The first kappa shape index (κ1) is 18.7. The van der Waals surface area contributed by atoms with Crippen molar-refractivity contribution >= 4 is 48.4 Å². The summed E-state index contributed by atoms with van der Waals surface area (Å²) in [7, 11) is -1.45. The first-order valence-corrected chi connectivity index (χ1v) is 13.0. The third kappa shape index (κ3) is 4.76. The maximum atomic E-state index is 12.7. The van der Waals surface area contributed by atoms with Crippen LogP contribution in [-0.4, -0.2) is 23.2 Å². The van der Waals surface area contributed by atoms with E-state index in [9.17, 15) is 4.79 Å². The highest BCUT2D eigenvalue weighted by molar-refractivity contribution is 8.26. The fraction of sp³-hybridized carbons (Fsp3) is 0.200. The molecule has 0 N–H and O–H groups in total. The van der Waals surface area contributed by atoms with Crippen molar-refractivity contribution in [1.82, 2.24) is 4.90 Å². The molecule has 0 spiro atoms. The zero-order chi connectivity index (χ0) is 18.7. The number of amides is 1. The SMILES string of the molecule is C[Si](C)(C)C#Cc1ccc(/C=C2\SC(=S)N(Cc3ccccc3)C2=O)o1. The molecule has 26 heavy (non-hydrogen) atoms. The molecule has 132 valence electrons. The van der Waals surface area contributed by atoms with Crippen molar-refractivity contribution in [2.24, 2.45) is 0 Å². The van der Waals surface area contributed by atoms with Crippen LogP contribution in [0.5, 0.6) is 0 Å². The van der Waals surface area contributed by atoms with Crippen molar-refractivity contribution in [2.75, 3.05) is 0 Å². The van der Waals surface area contributed by atoms with E-state index in [1.54, 1.807) is 11.0 Å². The van der Waals surface area contributed by atoms with Crippen molar-refractivity contribution in [1.29, 1.82) is 0 Å². The summed E-state index contributed by atoms with van der Waals surface area (Å²) in [5, 5.41) is 0. The van der Waals surface area contributed by atoms with Crippen LogP contribution in [0.15, 0.2) is 51.8 Å². The van der Waals surface area contributed by atoms with Crippen molar-refractivity contribution in [3.8, 4) is 11.5 Å². The zero-order valence-corrected chi connectivity index (χ0v) is 17.5. The fourth-order valence-electron chi connectivity index (χ4n) is 2.28. The summed E-state index contributed by atoms with van der Waals surface area (Å²) in [6.45, 7) is 7.03. The Labute approximate surface area is 164 Å². The van der Waals surface area contributed by atoms with E-state index < -0.39 is 8.07 Å². The van der Waals surface area contributed by atoms with Crippen LogP contribution in [0.1, 0.15) is 17.1 Å². The van der Waals surface area contributed by atoms with Crippen LogP contribution in [0.25, 0.3) is 6.08 Å². The Morgan fingerprint density at radius 1 is 1.19 bits per heavy atom. The zero-order valence-electron chi connectivity index (χ0n) is 14.9. The first-order chi connectivity index (χ1) is 12.3. The Morgan fingerprint density at radius 2 is 1.92 bits per heavy atom. The van der Waals surface area contributed by atoms with Gasteiger partial charge in [0.2, 0.25) is 0 Å². The summed E-state index contributed by atoms with van der Waals surface area (Å²) >= 11 is 6.68. The highest BCUT2D eigenvalue weighted by atomic mass is 32.2. The molecule has 1 amide bonds. The standard InChI is InChI=1S/C20H19NO2S2Si/c1-26(2,3)12-11-16-9-10-17(23-16)13-18-19(22)21(20(24)25-18)14-15-7-5-4-6-8-15/h4-10,13H,14H2,1-3H3/b18-13-. The lowest BCUT2D eigenvalue weighted by Crippen LogP contribution is -2.27. The Balaban J connectivity index is 1.76. The van der Waals surface area contributed by atoms with Crippen LogP contribution >= 0.6 is 24.0 Å². The maximum Gasteiger partial charge on any atom is 0.266 e. The first-order valence-electron chi connectivity index (χ1n) is 8.24. The van der Waals surface area contributed by atoms with E-state index in [0.29, 0.717) is 27.3 Å². The molecule has 1 aliphatic heterocycles. The second-order valence-corrected chi connectivity index (χ2v) is 13.4. The fourth-order valence-corrected chi connectivity index (χ4v) is 4.01. The number of carbonyl (C=O) groups excluding carboxylic acids is 1. The van der Waals surface area contributed by atoms with Crippen LogP contribution in [0.2, 0.25) is 19.6 Å². The van der Waals surface area contributed by atoms with Crippen LogP contribution in [0.4, 0.5) is 0 Å². The number of hydrogen-bond acceptors (Lipinski definition) is 4. The average molecular weight is 398 g/mol. The summed E-state index contributed by atoms with van der Waals surface area (Å²) in [5.74, 6) is 4.23. The highest BCUT2D eigenvalue weighted by Crippen LogP contribution is 2.33. The molecular weight excluding hydrogens is 378 g/mol. The van der Waals surface area contributed by atoms with Gasteiger partial charge in [0.05, 0.1) is 11.4 Å². The van der Waals surface area contributed by atoms with Gasteiger partial charge >= 0.3 is 0 Å². The Bertz CT molecular complexity index is 930. The van der Waals surface area contributed by atoms with Gasteiger partial charge in [-0.1, -0.05) is 74.0 Å². The van der Waals surface area contributed by atoms with Gasteiger partial charge in [0.25, 0.3) is 5.91 Å². The molecule has 0 unspecified atom stereocenters. The molecule has 2 aromatic rings. The Hall–Kier alpha value is -2.07. The summed E-state index contributed by atoms with van der Waals surface area (Å²) in [4.78, 5) is 14.9. The Morgan fingerprint density at radius 3 is 2.62 bits per heavy atom. The molecule has 6 heteroatoms. The molecule has 3 rings (SSSR count). The summed E-state index contributed by atoms with van der Waals surface area (Å²) in [6, 6.07) is 13.5.